The summed E-state index contributed by atoms with van der Waals surface area (Å²) in [7, 11) is 1.76. The SMILES string of the molecule is COc1cccc2c1[C@@H]1CN(CCCNC(=O)c3ccc(F)cc3)C[C@H]1CC2. The van der Waals surface area contributed by atoms with Crippen LogP contribution in [-0.2, 0) is 6.42 Å². The molecule has 4 rings (SSSR count). The van der Waals surface area contributed by atoms with E-state index in [1.54, 1.807) is 7.11 Å². The van der Waals surface area contributed by atoms with Gasteiger partial charge in [-0.05, 0) is 67.6 Å². The van der Waals surface area contributed by atoms with E-state index in [1.807, 2.05) is 0 Å². The molecule has 1 aliphatic heterocycles. The number of fused-ring (bicyclic) bond motifs is 3. The molecule has 1 aliphatic carbocycles. The highest BCUT2D eigenvalue weighted by Gasteiger charge is 2.38. The zero-order chi connectivity index (χ0) is 19.5. The molecule has 148 valence electrons. The zero-order valence-corrected chi connectivity index (χ0v) is 16.3. The van der Waals surface area contributed by atoms with E-state index in [4.69, 9.17) is 4.74 Å². The van der Waals surface area contributed by atoms with Crippen LogP contribution in [0.3, 0.4) is 0 Å². The number of nitrogens with zero attached hydrogens (tertiary/aromatic N) is 1. The van der Waals surface area contributed by atoms with Gasteiger partial charge in [0, 0.05) is 36.7 Å². The molecule has 1 N–H and O–H groups in total. The van der Waals surface area contributed by atoms with Crippen LogP contribution in [-0.4, -0.2) is 44.1 Å². The lowest BCUT2D eigenvalue weighted by atomic mass is 9.76. The number of hydrogen-bond donors (Lipinski definition) is 1. The van der Waals surface area contributed by atoms with Gasteiger partial charge in [-0.3, -0.25) is 4.79 Å². The molecule has 5 heteroatoms. The van der Waals surface area contributed by atoms with E-state index >= 15 is 0 Å². The van der Waals surface area contributed by atoms with Gasteiger partial charge in [0.15, 0.2) is 0 Å². The molecular formula is C23H27FN2O2. The van der Waals surface area contributed by atoms with Gasteiger partial charge in [-0.2, -0.15) is 0 Å². The van der Waals surface area contributed by atoms with Crippen LogP contribution in [0.4, 0.5) is 4.39 Å². The monoisotopic (exact) mass is 382 g/mol. The molecule has 2 atom stereocenters. The number of aryl methyl sites for hydroxylation is 1. The number of methoxy groups -OCH3 is 1. The number of hydrogen-bond acceptors (Lipinski definition) is 3. The molecule has 0 unspecified atom stereocenters. The third-order valence-corrected chi connectivity index (χ3v) is 6.09. The van der Waals surface area contributed by atoms with Gasteiger partial charge >= 0.3 is 0 Å². The van der Waals surface area contributed by atoms with Crippen LogP contribution in [0.1, 0.15) is 40.2 Å². The Morgan fingerprint density at radius 3 is 2.82 bits per heavy atom. The maximum atomic E-state index is 13.0. The van der Waals surface area contributed by atoms with Crippen LogP contribution in [0.15, 0.2) is 42.5 Å². The van der Waals surface area contributed by atoms with Crippen molar-refractivity contribution in [1.29, 1.82) is 0 Å². The number of ether oxygens (including phenoxy) is 1. The van der Waals surface area contributed by atoms with Crippen molar-refractivity contribution >= 4 is 5.91 Å². The topological polar surface area (TPSA) is 41.6 Å². The number of carbonyl (C=O) groups is 1. The quantitative estimate of drug-likeness (QED) is 0.776. The van der Waals surface area contributed by atoms with Gasteiger partial charge in [0.05, 0.1) is 7.11 Å². The first-order chi connectivity index (χ1) is 13.7. The van der Waals surface area contributed by atoms with E-state index in [1.165, 1.54) is 41.8 Å². The third-order valence-electron chi connectivity index (χ3n) is 6.09. The molecule has 0 radical (unpaired) electrons. The molecule has 0 spiro atoms. The lowest BCUT2D eigenvalue weighted by Crippen LogP contribution is -2.29. The average Bonchev–Trinajstić information content (AvgIpc) is 3.14. The smallest absolute Gasteiger partial charge is 0.251 e. The van der Waals surface area contributed by atoms with Crippen molar-refractivity contribution in [3.8, 4) is 5.75 Å². The minimum atomic E-state index is -0.328. The summed E-state index contributed by atoms with van der Waals surface area (Å²) in [5.74, 6) is 1.80. The number of carbonyl (C=O) groups excluding carboxylic acids is 1. The van der Waals surface area contributed by atoms with Crippen molar-refractivity contribution in [2.75, 3.05) is 33.3 Å². The number of amides is 1. The highest BCUT2D eigenvalue weighted by molar-refractivity contribution is 5.94. The Morgan fingerprint density at radius 1 is 1.21 bits per heavy atom. The van der Waals surface area contributed by atoms with Crippen molar-refractivity contribution in [3.63, 3.8) is 0 Å². The number of likely N-dealkylation sites (tertiary alicyclic amines) is 1. The molecule has 1 saturated heterocycles. The van der Waals surface area contributed by atoms with Crippen LogP contribution >= 0.6 is 0 Å². The van der Waals surface area contributed by atoms with Gasteiger partial charge in [-0.1, -0.05) is 12.1 Å². The van der Waals surface area contributed by atoms with E-state index in [2.05, 4.69) is 28.4 Å². The molecule has 2 aliphatic rings. The van der Waals surface area contributed by atoms with E-state index in [9.17, 15) is 9.18 Å². The summed E-state index contributed by atoms with van der Waals surface area (Å²) in [5.41, 5.74) is 3.35. The van der Waals surface area contributed by atoms with E-state index in [0.29, 0.717) is 23.9 Å². The van der Waals surface area contributed by atoms with E-state index < -0.39 is 0 Å². The lowest BCUT2D eigenvalue weighted by molar-refractivity contribution is 0.0952. The predicted molar refractivity (Wildman–Crippen MR) is 107 cm³/mol. The molecule has 2 aromatic carbocycles. The Balaban J connectivity index is 1.28. The first kappa shape index (κ1) is 18.9. The molecule has 2 aromatic rings. The minimum Gasteiger partial charge on any atom is -0.496 e. The summed E-state index contributed by atoms with van der Waals surface area (Å²) >= 11 is 0. The largest absolute Gasteiger partial charge is 0.496 e. The number of rotatable bonds is 6. The Morgan fingerprint density at radius 2 is 2.04 bits per heavy atom. The molecule has 0 saturated carbocycles. The minimum absolute atomic E-state index is 0.145. The molecule has 1 amide bonds. The Kier molecular flexibility index (Phi) is 5.62. The highest BCUT2D eigenvalue weighted by Crippen LogP contribution is 2.45. The van der Waals surface area contributed by atoms with Crippen molar-refractivity contribution in [2.45, 2.75) is 25.2 Å². The van der Waals surface area contributed by atoms with E-state index in [-0.39, 0.29) is 11.7 Å². The second kappa shape index (κ2) is 8.31. The fourth-order valence-electron chi connectivity index (χ4n) is 4.72. The summed E-state index contributed by atoms with van der Waals surface area (Å²) < 4.78 is 18.6. The van der Waals surface area contributed by atoms with Gasteiger partial charge in [0.2, 0.25) is 0 Å². The van der Waals surface area contributed by atoms with Gasteiger partial charge in [0.1, 0.15) is 11.6 Å². The molecule has 4 nitrogen and oxygen atoms in total. The standard InChI is InChI=1S/C23H27FN2O2/c1-28-21-5-2-4-16-6-7-18-14-26(15-20(18)22(16)21)13-3-12-25-23(27)17-8-10-19(24)11-9-17/h2,4-5,8-11,18,20H,3,6-7,12-15H2,1H3,(H,25,27)/t18-,20-/m1/s1. The Hall–Kier alpha value is -2.40. The first-order valence-electron chi connectivity index (χ1n) is 10.1. The van der Waals surface area contributed by atoms with Crippen molar-refractivity contribution in [2.24, 2.45) is 5.92 Å². The average molecular weight is 382 g/mol. The fraction of sp³-hybridized carbons (Fsp3) is 0.435. The first-order valence-corrected chi connectivity index (χ1v) is 10.1. The third kappa shape index (κ3) is 3.90. The van der Waals surface area contributed by atoms with Crippen molar-refractivity contribution in [1.82, 2.24) is 10.2 Å². The number of halogens is 1. The zero-order valence-electron chi connectivity index (χ0n) is 16.3. The van der Waals surface area contributed by atoms with Crippen molar-refractivity contribution in [3.05, 3.63) is 65.0 Å². The Labute approximate surface area is 165 Å². The summed E-state index contributed by atoms with van der Waals surface area (Å²) in [6, 6.07) is 12.1. The van der Waals surface area contributed by atoms with Gasteiger partial charge in [0.25, 0.3) is 5.91 Å². The van der Waals surface area contributed by atoms with Crippen LogP contribution in [0.5, 0.6) is 5.75 Å². The second-order valence-electron chi connectivity index (χ2n) is 7.81. The van der Waals surface area contributed by atoms with Crippen LogP contribution in [0.25, 0.3) is 0 Å². The van der Waals surface area contributed by atoms with Crippen LogP contribution in [0.2, 0.25) is 0 Å². The van der Waals surface area contributed by atoms with Gasteiger partial charge in [-0.15, -0.1) is 0 Å². The van der Waals surface area contributed by atoms with Gasteiger partial charge < -0.3 is 15.0 Å². The van der Waals surface area contributed by atoms with Crippen LogP contribution in [0, 0.1) is 11.7 Å². The summed E-state index contributed by atoms with van der Waals surface area (Å²) in [4.78, 5) is 14.6. The van der Waals surface area contributed by atoms with E-state index in [0.717, 1.165) is 38.2 Å². The molecule has 1 heterocycles. The second-order valence-corrected chi connectivity index (χ2v) is 7.81. The van der Waals surface area contributed by atoms with Crippen LogP contribution < -0.4 is 10.1 Å². The van der Waals surface area contributed by atoms with Crippen molar-refractivity contribution < 1.29 is 13.9 Å². The molecule has 28 heavy (non-hydrogen) atoms. The predicted octanol–water partition coefficient (Wildman–Crippen LogP) is 3.62. The Bertz CT molecular complexity index is 823. The number of benzene rings is 2. The number of nitrogens with one attached hydrogen (secondary N) is 1. The molecule has 0 aromatic heterocycles. The fourth-order valence-corrected chi connectivity index (χ4v) is 4.72. The lowest BCUT2D eigenvalue weighted by Gasteiger charge is -2.28. The summed E-state index contributed by atoms with van der Waals surface area (Å²) in [6.45, 7) is 3.78. The molecule has 1 fully saturated rings. The summed E-state index contributed by atoms with van der Waals surface area (Å²) in [5, 5.41) is 2.93. The van der Waals surface area contributed by atoms with Gasteiger partial charge in [-0.25, -0.2) is 4.39 Å². The molecule has 0 bridgehead atoms. The maximum Gasteiger partial charge on any atom is 0.251 e. The normalized spacial score (nSPS) is 21.1. The molecular weight excluding hydrogens is 355 g/mol. The highest BCUT2D eigenvalue weighted by atomic mass is 19.1. The maximum absolute atomic E-state index is 13.0. The summed E-state index contributed by atoms with van der Waals surface area (Å²) in [6.07, 6.45) is 3.28.